The molecule has 1 fully saturated rings. The van der Waals surface area contributed by atoms with Crippen LogP contribution in [0.25, 0.3) is 11.4 Å². The number of aromatic amines is 1. The Morgan fingerprint density at radius 3 is 2.40 bits per heavy atom. The third-order valence-electron chi connectivity index (χ3n) is 3.77. The van der Waals surface area contributed by atoms with Gasteiger partial charge < -0.3 is 4.98 Å². The van der Waals surface area contributed by atoms with Crippen LogP contribution in [0.3, 0.4) is 0 Å². The number of halogens is 2. The highest BCUT2D eigenvalue weighted by atomic mass is 79.9. The zero-order chi connectivity index (χ0) is 14.1. The van der Waals surface area contributed by atoms with Crippen molar-refractivity contribution in [2.75, 3.05) is 0 Å². The van der Waals surface area contributed by atoms with Gasteiger partial charge >= 0.3 is 0 Å². The Morgan fingerprint density at radius 2 is 1.75 bits per heavy atom. The predicted molar refractivity (Wildman–Crippen MR) is 91.5 cm³/mol. The van der Waals surface area contributed by atoms with Gasteiger partial charge in [-0.25, -0.2) is 4.98 Å². The Kier molecular flexibility index (Phi) is 4.38. The molecule has 0 bridgehead atoms. The SMILES string of the molecule is S=c1nc(-c2ccc(Br)cc2)[nH]c(C2CCCC2)c1Br. The number of hydrogen-bond acceptors (Lipinski definition) is 2. The standard InChI is InChI=1S/C15H14Br2N2S/c16-11-7-5-10(6-8-11)14-18-13(9-3-1-2-4-9)12(17)15(20)19-14/h5-9H,1-4H2,(H,18,19,20). The lowest BCUT2D eigenvalue weighted by atomic mass is 10.0. The van der Waals surface area contributed by atoms with Crippen molar-refractivity contribution in [3.8, 4) is 11.4 Å². The molecule has 3 rings (SSSR count). The first kappa shape index (κ1) is 14.4. The van der Waals surface area contributed by atoms with Crippen LogP contribution in [0.15, 0.2) is 33.2 Å². The van der Waals surface area contributed by atoms with Gasteiger partial charge in [0.15, 0.2) is 0 Å². The van der Waals surface area contributed by atoms with Crippen LogP contribution in [-0.4, -0.2) is 9.97 Å². The van der Waals surface area contributed by atoms with Crippen LogP contribution in [-0.2, 0) is 0 Å². The summed E-state index contributed by atoms with van der Waals surface area (Å²) in [5.41, 5.74) is 2.27. The van der Waals surface area contributed by atoms with Crippen molar-refractivity contribution < 1.29 is 0 Å². The second-order valence-corrected chi connectivity index (χ2v) is 7.20. The van der Waals surface area contributed by atoms with Crippen molar-refractivity contribution in [3.05, 3.63) is 43.5 Å². The molecule has 1 aromatic heterocycles. The molecule has 1 N–H and O–H groups in total. The van der Waals surface area contributed by atoms with E-state index in [1.807, 2.05) is 24.3 Å². The maximum absolute atomic E-state index is 5.40. The first-order valence-corrected chi connectivity index (χ1v) is 8.70. The molecule has 1 aromatic carbocycles. The van der Waals surface area contributed by atoms with Crippen LogP contribution in [0.5, 0.6) is 0 Å². The minimum atomic E-state index is 0.572. The van der Waals surface area contributed by atoms with Crippen LogP contribution in [0, 0.1) is 4.64 Å². The van der Waals surface area contributed by atoms with Gasteiger partial charge in [-0.05, 0) is 40.9 Å². The summed E-state index contributed by atoms with van der Waals surface area (Å²) in [6.45, 7) is 0. The summed E-state index contributed by atoms with van der Waals surface area (Å²) in [7, 11) is 0. The third-order valence-corrected chi connectivity index (χ3v) is 5.66. The highest BCUT2D eigenvalue weighted by molar-refractivity contribution is 9.10. The number of hydrogen-bond donors (Lipinski definition) is 1. The van der Waals surface area contributed by atoms with Gasteiger partial charge in [-0.15, -0.1) is 0 Å². The Morgan fingerprint density at radius 1 is 1.10 bits per heavy atom. The summed E-state index contributed by atoms with van der Waals surface area (Å²) in [5, 5.41) is 0. The molecule has 0 aliphatic heterocycles. The smallest absolute Gasteiger partial charge is 0.144 e. The van der Waals surface area contributed by atoms with Crippen molar-refractivity contribution in [1.29, 1.82) is 0 Å². The molecule has 0 unspecified atom stereocenters. The second kappa shape index (κ2) is 6.08. The van der Waals surface area contributed by atoms with Gasteiger partial charge in [-0.3, -0.25) is 0 Å². The van der Waals surface area contributed by atoms with Gasteiger partial charge in [0.2, 0.25) is 0 Å². The van der Waals surface area contributed by atoms with Gasteiger partial charge in [0.1, 0.15) is 10.5 Å². The van der Waals surface area contributed by atoms with Crippen LogP contribution in [0.1, 0.15) is 37.3 Å². The topological polar surface area (TPSA) is 28.7 Å². The number of nitrogens with one attached hydrogen (secondary N) is 1. The Hall–Kier alpha value is -0.520. The van der Waals surface area contributed by atoms with E-state index < -0.39 is 0 Å². The quantitative estimate of drug-likeness (QED) is 0.612. The van der Waals surface area contributed by atoms with Crippen LogP contribution < -0.4 is 0 Å². The fourth-order valence-electron chi connectivity index (χ4n) is 2.72. The van der Waals surface area contributed by atoms with E-state index in [9.17, 15) is 0 Å². The molecule has 1 aliphatic carbocycles. The Bertz CT molecular complexity index is 673. The summed E-state index contributed by atoms with van der Waals surface area (Å²) >= 11 is 12.5. The normalized spacial score (nSPS) is 15.7. The molecule has 0 amide bonds. The fourth-order valence-corrected chi connectivity index (χ4v) is 3.69. The number of H-pyrrole nitrogens is 1. The van der Waals surface area contributed by atoms with Crippen LogP contribution >= 0.6 is 44.1 Å². The highest BCUT2D eigenvalue weighted by Gasteiger charge is 2.21. The number of nitrogens with zero attached hydrogens (tertiary/aromatic N) is 1. The average Bonchev–Trinajstić information content (AvgIpc) is 2.96. The van der Waals surface area contributed by atoms with Gasteiger partial charge in [-0.2, -0.15) is 0 Å². The van der Waals surface area contributed by atoms with Crippen LogP contribution in [0.2, 0.25) is 0 Å². The van der Waals surface area contributed by atoms with E-state index in [1.165, 1.54) is 31.4 Å². The van der Waals surface area contributed by atoms with Gasteiger partial charge in [0.05, 0.1) is 4.47 Å². The van der Waals surface area contributed by atoms with E-state index in [4.69, 9.17) is 12.2 Å². The molecule has 104 valence electrons. The molecule has 2 aromatic rings. The lowest BCUT2D eigenvalue weighted by molar-refractivity contribution is 0.690. The minimum absolute atomic E-state index is 0.572. The monoisotopic (exact) mass is 412 g/mol. The van der Waals surface area contributed by atoms with E-state index in [2.05, 4.69) is 41.8 Å². The molecular weight excluding hydrogens is 400 g/mol. The molecule has 2 nitrogen and oxygen atoms in total. The van der Waals surface area contributed by atoms with Crippen molar-refractivity contribution in [3.63, 3.8) is 0 Å². The molecule has 0 radical (unpaired) electrons. The zero-order valence-electron chi connectivity index (χ0n) is 10.8. The molecule has 1 aliphatic rings. The average molecular weight is 414 g/mol. The van der Waals surface area contributed by atoms with E-state index >= 15 is 0 Å². The molecule has 1 saturated carbocycles. The lowest BCUT2D eigenvalue weighted by Crippen LogP contribution is -2.02. The summed E-state index contributed by atoms with van der Waals surface area (Å²) < 4.78 is 2.66. The van der Waals surface area contributed by atoms with E-state index in [-0.39, 0.29) is 0 Å². The second-order valence-electron chi connectivity index (χ2n) is 5.11. The van der Waals surface area contributed by atoms with Crippen molar-refractivity contribution in [2.45, 2.75) is 31.6 Å². The highest BCUT2D eigenvalue weighted by Crippen LogP contribution is 2.37. The summed E-state index contributed by atoms with van der Waals surface area (Å²) in [5.74, 6) is 1.43. The predicted octanol–water partition coefficient (Wildman–Crippen LogP) is 5.99. The fraction of sp³-hybridized carbons (Fsp3) is 0.333. The lowest BCUT2D eigenvalue weighted by Gasteiger charge is -2.14. The third kappa shape index (κ3) is 2.90. The van der Waals surface area contributed by atoms with E-state index in [1.54, 1.807) is 0 Å². The molecule has 5 heteroatoms. The molecule has 20 heavy (non-hydrogen) atoms. The van der Waals surface area contributed by atoms with Gasteiger partial charge in [0, 0.05) is 21.6 Å². The molecule has 1 heterocycles. The van der Waals surface area contributed by atoms with Gasteiger partial charge in [0.25, 0.3) is 0 Å². The summed E-state index contributed by atoms with van der Waals surface area (Å²) in [4.78, 5) is 7.99. The molecule has 0 atom stereocenters. The summed E-state index contributed by atoms with van der Waals surface area (Å²) in [6.07, 6.45) is 5.06. The van der Waals surface area contributed by atoms with Crippen molar-refractivity contribution in [1.82, 2.24) is 9.97 Å². The maximum Gasteiger partial charge on any atom is 0.144 e. The van der Waals surface area contributed by atoms with E-state index in [0.717, 1.165) is 20.3 Å². The Labute approximate surface area is 140 Å². The minimum Gasteiger partial charge on any atom is -0.342 e. The van der Waals surface area contributed by atoms with Crippen molar-refractivity contribution >= 4 is 44.1 Å². The molecular formula is C15H14Br2N2S. The summed E-state index contributed by atoms with van der Waals surface area (Å²) in [6, 6.07) is 8.13. The molecule has 0 saturated heterocycles. The Balaban J connectivity index is 2.08. The largest absolute Gasteiger partial charge is 0.342 e. The zero-order valence-corrected chi connectivity index (χ0v) is 14.8. The first-order valence-electron chi connectivity index (χ1n) is 6.71. The number of benzene rings is 1. The van der Waals surface area contributed by atoms with Gasteiger partial charge in [-0.1, -0.05) is 53.1 Å². The maximum atomic E-state index is 5.40. The number of rotatable bonds is 2. The van der Waals surface area contributed by atoms with Crippen molar-refractivity contribution in [2.24, 2.45) is 0 Å². The molecule has 0 spiro atoms. The number of aromatic nitrogens is 2. The van der Waals surface area contributed by atoms with E-state index in [0.29, 0.717) is 10.6 Å². The van der Waals surface area contributed by atoms with Crippen LogP contribution in [0.4, 0.5) is 0 Å². The first-order chi connectivity index (χ1) is 9.65.